The summed E-state index contributed by atoms with van der Waals surface area (Å²) < 4.78 is 17.8. The van der Waals surface area contributed by atoms with Gasteiger partial charge >= 0.3 is 5.69 Å². The van der Waals surface area contributed by atoms with Gasteiger partial charge in [0.2, 0.25) is 5.75 Å². The van der Waals surface area contributed by atoms with Crippen molar-refractivity contribution in [3.8, 4) is 5.75 Å². The molecule has 6 heteroatoms. The highest BCUT2D eigenvalue weighted by molar-refractivity contribution is 7.60. The fourth-order valence-electron chi connectivity index (χ4n) is 1.67. The molecule has 0 aliphatic carbocycles. The Bertz CT molecular complexity index is 526. The molecule has 1 aromatic carbocycles. The number of hydrogen-bond acceptors (Lipinski definition) is 4. The average molecular weight is 253 g/mol. The summed E-state index contributed by atoms with van der Waals surface area (Å²) in [6, 6.07) is 6.00. The lowest BCUT2D eigenvalue weighted by Crippen LogP contribution is -2.04. The van der Waals surface area contributed by atoms with Crippen LogP contribution >= 0.6 is 7.37 Å². The van der Waals surface area contributed by atoms with Crippen LogP contribution in [0.15, 0.2) is 36.4 Å². The van der Waals surface area contributed by atoms with Crippen molar-refractivity contribution >= 4 is 13.1 Å². The second-order valence-electron chi connectivity index (χ2n) is 3.89. The van der Waals surface area contributed by atoms with Gasteiger partial charge in [-0.25, -0.2) is 0 Å². The first-order valence-electron chi connectivity index (χ1n) is 5.21. The third-order valence-electron chi connectivity index (χ3n) is 2.71. The maximum Gasteiger partial charge on any atom is 0.311 e. The predicted octanol–water partition coefficient (Wildman–Crippen LogP) is 3.21. The Morgan fingerprint density at radius 2 is 2.18 bits per heavy atom. The Labute approximate surface area is 98.7 Å². The molecule has 0 aromatic heterocycles. The van der Waals surface area contributed by atoms with E-state index in [9.17, 15) is 14.7 Å². The molecule has 1 aliphatic rings. The van der Waals surface area contributed by atoms with Crippen LogP contribution in [0.3, 0.4) is 0 Å². The van der Waals surface area contributed by atoms with Gasteiger partial charge in [-0.1, -0.05) is 24.3 Å². The number of para-hydroxylation sites is 2. The molecule has 2 unspecified atom stereocenters. The number of nitro benzene ring substituents is 1. The first kappa shape index (κ1) is 11.9. The molecule has 1 heterocycles. The fourth-order valence-corrected chi connectivity index (χ4v) is 3.53. The van der Waals surface area contributed by atoms with Crippen molar-refractivity contribution < 1.29 is 14.0 Å². The van der Waals surface area contributed by atoms with E-state index in [0.29, 0.717) is 6.16 Å². The second-order valence-corrected chi connectivity index (χ2v) is 6.71. The zero-order valence-corrected chi connectivity index (χ0v) is 10.2. The van der Waals surface area contributed by atoms with Gasteiger partial charge < -0.3 is 4.52 Å². The maximum atomic E-state index is 12.4. The number of hydrogen-bond donors (Lipinski definition) is 0. The first-order chi connectivity index (χ1) is 8.03. The summed E-state index contributed by atoms with van der Waals surface area (Å²) in [6.07, 6.45) is 3.94. The Morgan fingerprint density at radius 3 is 2.76 bits per heavy atom. The van der Waals surface area contributed by atoms with Crippen molar-refractivity contribution in [1.82, 2.24) is 0 Å². The molecule has 2 atom stereocenters. The number of nitro groups is 1. The van der Waals surface area contributed by atoms with Gasteiger partial charge in [0, 0.05) is 6.07 Å². The predicted molar refractivity (Wildman–Crippen MR) is 64.8 cm³/mol. The lowest BCUT2D eigenvalue weighted by Gasteiger charge is -2.18. The van der Waals surface area contributed by atoms with Gasteiger partial charge in [-0.05, 0) is 13.0 Å². The highest BCUT2D eigenvalue weighted by Gasteiger charge is 2.35. The van der Waals surface area contributed by atoms with Crippen LogP contribution in [0.5, 0.6) is 5.75 Å². The van der Waals surface area contributed by atoms with Crippen LogP contribution in [0.2, 0.25) is 0 Å². The zero-order valence-electron chi connectivity index (χ0n) is 9.28. The van der Waals surface area contributed by atoms with Crippen LogP contribution < -0.4 is 4.52 Å². The Hall–Kier alpha value is -1.61. The van der Waals surface area contributed by atoms with Gasteiger partial charge in [-0.2, -0.15) is 0 Å². The summed E-state index contributed by atoms with van der Waals surface area (Å²) in [7, 11) is -2.87. The van der Waals surface area contributed by atoms with Gasteiger partial charge in [-0.3, -0.25) is 14.7 Å². The summed E-state index contributed by atoms with van der Waals surface area (Å²) in [4.78, 5) is 10.3. The number of rotatable bonds is 3. The zero-order chi connectivity index (χ0) is 12.5. The van der Waals surface area contributed by atoms with Crippen molar-refractivity contribution in [2.24, 2.45) is 0 Å². The van der Waals surface area contributed by atoms with Crippen LogP contribution in [0, 0.1) is 10.1 Å². The van der Waals surface area contributed by atoms with Crippen molar-refractivity contribution in [1.29, 1.82) is 0 Å². The van der Waals surface area contributed by atoms with Gasteiger partial charge in [0.25, 0.3) is 7.37 Å². The summed E-state index contributed by atoms with van der Waals surface area (Å²) in [5.41, 5.74) is -0.343. The molecule has 0 N–H and O–H groups in total. The number of allylic oxidation sites excluding steroid dienone is 2. The van der Waals surface area contributed by atoms with Gasteiger partial charge in [0.05, 0.1) is 16.7 Å². The first-order valence-corrected chi connectivity index (χ1v) is 7.09. The van der Waals surface area contributed by atoms with Crippen molar-refractivity contribution in [3.63, 3.8) is 0 Å². The maximum absolute atomic E-state index is 12.4. The Balaban J connectivity index is 2.31. The quantitative estimate of drug-likeness (QED) is 0.359. The summed E-state index contributed by atoms with van der Waals surface area (Å²) >= 11 is 0. The molecule has 1 aromatic rings. The Kier molecular flexibility index (Phi) is 3.03. The van der Waals surface area contributed by atoms with E-state index in [1.54, 1.807) is 25.1 Å². The summed E-state index contributed by atoms with van der Waals surface area (Å²) in [5.74, 6) is 0.0800. The molecule has 0 fully saturated rings. The lowest BCUT2D eigenvalue weighted by molar-refractivity contribution is -0.385. The van der Waals surface area contributed by atoms with Crippen molar-refractivity contribution in [2.45, 2.75) is 12.6 Å². The van der Waals surface area contributed by atoms with Crippen molar-refractivity contribution in [2.75, 3.05) is 6.16 Å². The van der Waals surface area contributed by atoms with E-state index in [1.165, 1.54) is 12.1 Å². The molecule has 0 amide bonds. The third-order valence-corrected chi connectivity index (χ3v) is 5.35. The van der Waals surface area contributed by atoms with Gasteiger partial charge in [0.1, 0.15) is 0 Å². The van der Waals surface area contributed by atoms with E-state index in [-0.39, 0.29) is 17.1 Å². The van der Waals surface area contributed by atoms with Gasteiger partial charge in [-0.15, -0.1) is 0 Å². The average Bonchev–Trinajstić information content (AvgIpc) is 2.59. The molecular formula is C11H12NO4P. The molecule has 0 bridgehead atoms. The highest BCUT2D eigenvalue weighted by Crippen LogP contribution is 2.56. The summed E-state index contributed by atoms with van der Waals surface area (Å²) in [6.45, 7) is 1.79. The lowest BCUT2D eigenvalue weighted by atomic mass is 10.3. The van der Waals surface area contributed by atoms with Crippen molar-refractivity contribution in [3.05, 3.63) is 46.5 Å². The molecule has 1 aliphatic heterocycles. The van der Waals surface area contributed by atoms with E-state index in [4.69, 9.17) is 4.52 Å². The highest BCUT2D eigenvalue weighted by atomic mass is 31.2. The molecule has 2 rings (SSSR count). The van der Waals surface area contributed by atoms with E-state index >= 15 is 0 Å². The molecule has 17 heavy (non-hydrogen) atoms. The van der Waals surface area contributed by atoms with Crippen LogP contribution in [-0.2, 0) is 4.57 Å². The monoisotopic (exact) mass is 253 g/mol. The molecular weight excluding hydrogens is 241 g/mol. The SMILES string of the molecule is CC1C=CCP1(=O)Oc1ccccc1[N+](=O)[O-]. The normalized spacial score (nSPS) is 27.0. The largest absolute Gasteiger partial charge is 0.435 e. The second kappa shape index (κ2) is 4.34. The van der Waals surface area contributed by atoms with E-state index in [1.807, 2.05) is 6.08 Å². The van der Waals surface area contributed by atoms with Crippen LogP contribution in [0.1, 0.15) is 6.92 Å². The minimum Gasteiger partial charge on any atom is -0.435 e. The number of nitrogens with zero attached hydrogens (tertiary/aromatic N) is 1. The molecule has 5 nitrogen and oxygen atoms in total. The molecule has 0 radical (unpaired) electrons. The summed E-state index contributed by atoms with van der Waals surface area (Å²) in [5, 5.41) is 10.8. The Morgan fingerprint density at radius 1 is 1.47 bits per heavy atom. The molecule has 90 valence electrons. The van der Waals surface area contributed by atoms with Crippen LogP contribution in [0.4, 0.5) is 5.69 Å². The number of benzene rings is 1. The molecule has 0 saturated carbocycles. The third kappa shape index (κ3) is 2.24. The molecule has 0 spiro atoms. The van der Waals surface area contributed by atoms with E-state index < -0.39 is 12.3 Å². The van der Waals surface area contributed by atoms with E-state index in [0.717, 1.165) is 0 Å². The topological polar surface area (TPSA) is 69.4 Å². The fraction of sp³-hybridized carbons (Fsp3) is 0.273. The van der Waals surface area contributed by atoms with E-state index in [2.05, 4.69) is 0 Å². The van der Waals surface area contributed by atoms with Crippen LogP contribution in [-0.4, -0.2) is 16.7 Å². The standard InChI is InChI=1S/C11H12NO4P/c1-9-5-4-8-17(9,15)16-11-7-3-2-6-10(11)12(13)14/h2-7,9H,8H2,1H3. The van der Waals surface area contributed by atoms with Crippen LogP contribution in [0.25, 0.3) is 0 Å². The van der Waals surface area contributed by atoms with Gasteiger partial charge in [0.15, 0.2) is 0 Å². The minimum atomic E-state index is -2.87. The molecule has 0 saturated heterocycles. The minimum absolute atomic E-state index is 0.0800. The smallest absolute Gasteiger partial charge is 0.311 e.